The lowest BCUT2D eigenvalue weighted by Crippen LogP contribution is -2.06. The zero-order valence-corrected chi connectivity index (χ0v) is 4.83. The Balaban J connectivity index is 2.27. The number of hydrogen-bond acceptors (Lipinski definition) is 3. The van der Waals surface area contributed by atoms with Gasteiger partial charge in [-0.05, 0) is 11.6 Å². The monoisotopic (exact) mass is 110 g/mol. The first-order chi connectivity index (χ1) is 3.93. The van der Waals surface area contributed by atoms with E-state index in [0.29, 0.717) is 0 Å². The smallest absolute Gasteiger partial charge is 0.201 e. The number of nitrogens with zero attached hydrogens (tertiary/aromatic N) is 3. The van der Waals surface area contributed by atoms with Crippen LogP contribution in [0.5, 0.6) is 0 Å². The van der Waals surface area contributed by atoms with Crippen molar-refractivity contribution in [2.45, 2.75) is 13.3 Å². The van der Waals surface area contributed by atoms with Gasteiger partial charge in [0, 0.05) is 6.54 Å². The largest absolute Gasteiger partial charge is 0.445 e. The Morgan fingerprint density at radius 2 is 2.62 bits per heavy atom. The van der Waals surface area contributed by atoms with Crippen LogP contribution >= 0.6 is 0 Å². The lowest BCUT2D eigenvalue weighted by atomic mass is 10.5. The van der Waals surface area contributed by atoms with E-state index in [1.807, 2.05) is 0 Å². The van der Waals surface area contributed by atoms with Crippen molar-refractivity contribution >= 4 is 0 Å². The van der Waals surface area contributed by atoms with E-state index in [0.717, 1.165) is 13.0 Å². The van der Waals surface area contributed by atoms with Crippen LogP contribution in [0.4, 0.5) is 0 Å². The summed E-state index contributed by atoms with van der Waals surface area (Å²) in [6.07, 6.45) is 5.45. The maximum atomic E-state index is 3.72. The van der Waals surface area contributed by atoms with Gasteiger partial charge in [-0.25, -0.2) is 5.01 Å². The summed E-state index contributed by atoms with van der Waals surface area (Å²) in [5.74, 6) is 0. The van der Waals surface area contributed by atoms with E-state index in [9.17, 15) is 0 Å². The molecule has 1 heterocycles. The molecule has 0 amide bonds. The summed E-state index contributed by atoms with van der Waals surface area (Å²) in [4.78, 5) is 0. The molecule has 3 heteroatoms. The topological polar surface area (TPSA) is 28.0 Å². The molecule has 1 rings (SSSR count). The molecule has 42 valence electrons. The van der Waals surface area contributed by atoms with Crippen LogP contribution in [0.15, 0.2) is 16.5 Å². The molecule has 0 spiro atoms. The second kappa shape index (κ2) is 2.38. The van der Waals surface area contributed by atoms with Gasteiger partial charge in [0.05, 0.1) is 0 Å². The van der Waals surface area contributed by atoms with Crippen LogP contribution in [-0.4, -0.2) is 11.6 Å². The Labute approximate surface area is 48.7 Å². The van der Waals surface area contributed by atoms with Crippen molar-refractivity contribution in [3.8, 4) is 0 Å². The number of rotatable bonds is 2. The van der Waals surface area contributed by atoms with Gasteiger partial charge >= 0.3 is 12.4 Å². The molecule has 1 aliphatic rings. The Morgan fingerprint density at radius 3 is 3.12 bits per heavy atom. The molecule has 0 radical (unpaired) electrons. The highest BCUT2D eigenvalue weighted by Crippen LogP contribution is 2.00. The first-order valence-electron chi connectivity index (χ1n) is 2.69. The van der Waals surface area contributed by atoms with Gasteiger partial charge in [0.1, 0.15) is 5.11 Å². The molecule has 0 saturated carbocycles. The molecule has 0 N–H and O–H groups in total. The van der Waals surface area contributed by atoms with Crippen molar-refractivity contribution in [3.05, 3.63) is 12.4 Å². The molecule has 3 nitrogen and oxygen atoms in total. The highest BCUT2D eigenvalue weighted by atomic mass is 15.6. The Morgan fingerprint density at radius 1 is 1.75 bits per heavy atom. The third kappa shape index (κ3) is 1.01. The molecule has 0 fully saturated rings. The van der Waals surface area contributed by atoms with Gasteiger partial charge in [0.2, 0.25) is 0 Å². The quantitative estimate of drug-likeness (QED) is 0.493. The van der Waals surface area contributed by atoms with Crippen LogP contribution in [0, 0.1) is 6.20 Å². The van der Waals surface area contributed by atoms with E-state index in [-0.39, 0.29) is 0 Å². The van der Waals surface area contributed by atoms with Crippen LogP contribution in [-0.2, 0) is 0 Å². The Hall–Kier alpha value is -0.950. The van der Waals surface area contributed by atoms with Crippen LogP contribution in [0.1, 0.15) is 13.3 Å². The molecule has 0 aromatic carbocycles. The van der Waals surface area contributed by atoms with Crippen molar-refractivity contribution in [1.29, 1.82) is 0 Å². The molecular formula is C5H8N3+. The molecule has 0 bridgehead atoms. The number of hydrogen-bond donors (Lipinski definition) is 0. The molecule has 0 unspecified atom stereocenters. The predicted octanol–water partition coefficient (Wildman–Crippen LogP) is 1.35. The molecule has 8 heavy (non-hydrogen) atoms. The van der Waals surface area contributed by atoms with Crippen molar-refractivity contribution in [3.63, 3.8) is 0 Å². The van der Waals surface area contributed by atoms with Crippen molar-refractivity contribution < 1.29 is 0 Å². The van der Waals surface area contributed by atoms with E-state index in [1.54, 1.807) is 11.2 Å². The van der Waals surface area contributed by atoms with E-state index in [4.69, 9.17) is 0 Å². The van der Waals surface area contributed by atoms with E-state index in [2.05, 4.69) is 23.5 Å². The Kier molecular flexibility index (Phi) is 1.55. The van der Waals surface area contributed by atoms with Crippen LogP contribution in [0.25, 0.3) is 0 Å². The normalized spacial score (nSPS) is 14.9. The third-order valence-corrected chi connectivity index (χ3v) is 0.877. The summed E-state index contributed by atoms with van der Waals surface area (Å²) < 4.78 is 0. The van der Waals surface area contributed by atoms with Gasteiger partial charge in [-0.1, -0.05) is 6.92 Å². The summed E-state index contributed by atoms with van der Waals surface area (Å²) in [5, 5.41) is 9.01. The fraction of sp³-hybridized carbons (Fsp3) is 0.600. The summed E-state index contributed by atoms with van der Waals surface area (Å²) in [6.45, 7) is 3.04. The van der Waals surface area contributed by atoms with Gasteiger partial charge in [0.15, 0.2) is 0 Å². The molecule has 0 saturated heterocycles. The van der Waals surface area contributed by atoms with E-state index >= 15 is 0 Å². The fourth-order valence-electron chi connectivity index (χ4n) is 0.540. The SMILES string of the molecule is CCCN1C=[C+]N=N1. The summed E-state index contributed by atoms with van der Waals surface area (Å²) in [5.41, 5.74) is 0. The third-order valence-electron chi connectivity index (χ3n) is 0.877. The predicted molar refractivity (Wildman–Crippen MR) is 29.7 cm³/mol. The highest BCUT2D eigenvalue weighted by molar-refractivity contribution is 4.73. The minimum Gasteiger partial charge on any atom is -0.201 e. The molecular weight excluding hydrogens is 102 g/mol. The molecule has 0 aromatic rings. The summed E-state index contributed by atoms with van der Waals surface area (Å²) in [7, 11) is 0. The minimum atomic E-state index is 0.941. The second-order valence-electron chi connectivity index (χ2n) is 1.61. The fourth-order valence-corrected chi connectivity index (χ4v) is 0.540. The highest BCUT2D eigenvalue weighted by Gasteiger charge is 2.08. The molecule has 0 atom stereocenters. The Bertz CT molecular complexity index is 105. The van der Waals surface area contributed by atoms with Gasteiger partial charge < -0.3 is 0 Å². The van der Waals surface area contributed by atoms with Gasteiger partial charge in [-0.2, -0.15) is 0 Å². The van der Waals surface area contributed by atoms with Gasteiger partial charge in [-0.15, -0.1) is 0 Å². The average molecular weight is 110 g/mol. The maximum Gasteiger partial charge on any atom is 0.445 e. The van der Waals surface area contributed by atoms with Crippen molar-refractivity contribution in [2.24, 2.45) is 10.3 Å². The lowest BCUT2D eigenvalue weighted by molar-refractivity contribution is 0.391. The molecule has 1 aliphatic heterocycles. The lowest BCUT2D eigenvalue weighted by Gasteiger charge is -1.98. The standard InChI is InChI=1S/C5H8N3/c1-2-4-8-5-3-6-7-8/h5H,2,4H2,1H3/q+1. The summed E-state index contributed by atoms with van der Waals surface area (Å²) >= 11 is 0. The van der Waals surface area contributed by atoms with Crippen LogP contribution in [0.2, 0.25) is 0 Å². The molecule has 0 aliphatic carbocycles. The average Bonchev–Trinajstić information content (AvgIpc) is 2.19. The van der Waals surface area contributed by atoms with Crippen LogP contribution in [0.3, 0.4) is 0 Å². The van der Waals surface area contributed by atoms with E-state index < -0.39 is 0 Å². The van der Waals surface area contributed by atoms with E-state index in [1.165, 1.54) is 0 Å². The maximum absolute atomic E-state index is 3.72. The summed E-state index contributed by atoms with van der Waals surface area (Å²) in [6, 6.07) is 0. The van der Waals surface area contributed by atoms with Crippen molar-refractivity contribution in [1.82, 2.24) is 5.01 Å². The first kappa shape index (κ1) is 5.19. The molecule has 0 aromatic heterocycles. The van der Waals surface area contributed by atoms with Crippen LogP contribution < -0.4 is 0 Å². The van der Waals surface area contributed by atoms with Gasteiger partial charge in [-0.3, -0.25) is 0 Å². The second-order valence-corrected chi connectivity index (χ2v) is 1.61. The first-order valence-corrected chi connectivity index (χ1v) is 2.69. The van der Waals surface area contributed by atoms with Gasteiger partial charge in [0.25, 0.3) is 0 Å². The van der Waals surface area contributed by atoms with Crippen molar-refractivity contribution in [2.75, 3.05) is 6.54 Å². The minimum absolute atomic E-state index is 0.941. The zero-order chi connectivity index (χ0) is 5.82. The zero-order valence-electron chi connectivity index (χ0n) is 4.83.